The number of hydrogen-bond donors (Lipinski definition) is 2. The molecule has 0 aliphatic carbocycles. The fourth-order valence-corrected chi connectivity index (χ4v) is 3.37. The number of rotatable bonds is 5. The summed E-state index contributed by atoms with van der Waals surface area (Å²) in [5.41, 5.74) is 5.95. The van der Waals surface area contributed by atoms with Gasteiger partial charge in [-0.15, -0.1) is 0 Å². The fraction of sp³-hybridized carbons (Fsp3) is 0.364. The maximum atomic E-state index is 12.3. The third-order valence-electron chi connectivity index (χ3n) is 2.76. The van der Waals surface area contributed by atoms with Crippen LogP contribution < -0.4 is 5.73 Å². The van der Waals surface area contributed by atoms with Gasteiger partial charge >= 0.3 is 0 Å². The molecular weight excluding hydrogens is 308 g/mol. The lowest BCUT2D eigenvalue weighted by molar-refractivity contribution is 0.214. The summed E-state index contributed by atoms with van der Waals surface area (Å²) >= 11 is 10.8. The minimum Gasteiger partial charge on any atom is -0.395 e. The zero-order chi connectivity index (χ0) is 14.8. The minimum absolute atomic E-state index is 0.0438. The quantitative estimate of drug-likeness (QED) is 0.789. The second-order valence-corrected chi connectivity index (χ2v) is 6.88. The first-order valence-corrected chi connectivity index (χ1v) is 7.62. The predicted molar refractivity (Wildman–Crippen MR) is 78.8 cm³/mol. The Morgan fingerprint density at radius 2 is 2.16 bits per heavy atom. The molecule has 1 aromatic carbocycles. The first-order chi connectivity index (χ1) is 8.71. The van der Waals surface area contributed by atoms with E-state index in [0.29, 0.717) is 5.56 Å². The zero-order valence-electron chi connectivity index (χ0n) is 10.5. The third-order valence-corrected chi connectivity index (χ3v) is 5.45. The van der Waals surface area contributed by atoms with Crippen molar-refractivity contribution in [3.8, 4) is 0 Å². The average molecular weight is 323 g/mol. The molecule has 0 bridgehead atoms. The van der Waals surface area contributed by atoms with Crippen LogP contribution in [0.4, 0.5) is 0 Å². The molecule has 0 aliphatic rings. The van der Waals surface area contributed by atoms with Crippen LogP contribution in [0.15, 0.2) is 23.1 Å². The number of nitrogens with zero attached hydrogens (tertiary/aromatic N) is 1. The maximum absolute atomic E-state index is 12.3. The third kappa shape index (κ3) is 3.43. The summed E-state index contributed by atoms with van der Waals surface area (Å²) in [4.78, 5) is 0.0971. The molecule has 19 heavy (non-hydrogen) atoms. The zero-order valence-corrected chi connectivity index (χ0v) is 12.9. The van der Waals surface area contributed by atoms with Crippen LogP contribution in [0.2, 0.25) is 5.02 Å². The molecule has 5 nitrogen and oxygen atoms in total. The van der Waals surface area contributed by atoms with Crippen LogP contribution in [-0.2, 0) is 10.0 Å². The highest BCUT2D eigenvalue weighted by molar-refractivity contribution is 7.89. The Labute approximate surface area is 123 Å². The number of sulfonamides is 1. The molecule has 0 saturated heterocycles. The molecule has 0 aliphatic heterocycles. The first kappa shape index (κ1) is 16.3. The minimum atomic E-state index is -3.77. The Hall–Kier alpha value is -0.730. The van der Waals surface area contributed by atoms with Crippen molar-refractivity contribution in [3.63, 3.8) is 0 Å². The molecule has 0 aromatic heterocycles. The van der Waals surface area contributed by atoms with Gasteiger partial charge in [0.15, 0.2) is 0 Å². The molecule has 0 heterocycles. The lowest BCUT2D eigenvalue weighted by atomic mass is 10.2. The predicted octanol–water partition coefficient (Wildman–Crippen LogP) is 0.976. The highest BCUT2D eigenvalue weighted by Gasteiger charge is 2.27. The number of aliphatic hydroxyl groups is 1. The van der Waals surface area contributed by atoms with Crippen LogP contribution in [0.25, 0.3) is 0 Å². The van der Waals surface area contributed by atoms with E-state index < -0.39 is 16.1 Å². The van der Waals surface area contributed by atoms with Crippen molar-refractivity contribution in [2.45, 2.75) is 17.9 Å². The van der Waals surface area contributed by atoms with Crippen molar-refractivity contribution in [1.29, 1.82) is 0 Å². The van der Waals surface area contributed by atoms with Crippen molar-refractivity contribution in [2.24, 2.45) is 5.73 Å². The number of benzene rings is 1. The Morgan fingerprint density at radius 1 is 1.58 bits per heavy atom. The summed E-state index contributed by atoms with van der Waals surface area (Å²) in [6.07, 6.45) is 0. The van der Waals surface area contributed by atoms with Gasteiger partial charge in [-0.2, -0.15) is 4.31 Å². The lowest BCUT2D eigenvalue weighted by Gasteiger charge is -2.23. The summed E-state index contributed by atoms with van der Waals surface area (Å²) in [6.45, 7) is 1.31. The lowest BCUT2D eigenvalue weighted by Crippen LogP contribution is -2.37. The monoisotopic (exact) mass is 322 g/mol. The highest BCUT2D eigenvalue weighted by atomic mass is 35.5. The van der Waals surface area contributed by atoms with E-state index in [1.165, 1.54) is 25.2 Å². The molecule has 1 aromatic rings. The van der Waals surface area contributed by atoms with E-state index >= 15 is 0 Å². The van der Waals surface area contributed by atoms with Crippen LogP contribution in [0.3, 0.4) is 0 Å². The highest BCUT2D eigenvalue weighted by Crippen LogP contribution is 2.26. The summed E-state index contributed by atoms with van der Waals surface area (Å²) in [6, 6.07) is 3.72. The molecule has 0 fully saturated rings. The smallest absolute Gasteiger partial charge is 0.244 e. The van der Waals surface area contributed by atoms with E-state index in [-0.39, 0.29) is 21.5 Å². The Bertz CT molecular complexity index is 590. The van der Waals surface area contributed by atoms with Crippen LogP contribution in [-0.4, -0.2) is 42.5 Å². The SMILES string of the molecule is CC(CO)N(C)S(=O)(=O)c1ccc(C(N)=S)cc1Cl. The Kier molecular flexibility index (Phi) is 5.28. The Balaban J connectivity index is 3.27. The Morgan fingerprint density at radius 3 is 2.58 bits per heavy atom. The van der Waals surface area contributed by atoms with Gasteiger partial charge < -0.3 is 10.8 Å². The van der Waals surface area contributed by atoms with Gasteiger partial charge in [-0.1, -0.05) is 29.9 Å². The molecule has 0 spiro atoms. The molecule has 1 rings (SSSR count). The van der Waals surface area contributed by atoms with E-state index in [1.54, 1.807) is 6.92 Å². The number of aliphatic hydroxyl groups excluding tert-OH is 1. The van der Waals surface area contributed by atoms with Crippen molar-refractivity contribution in [2.75, 3.05) is 13.7 Å². The van der Waals surface area contributed by atoms with Crippen LogP contribution in [0.5, 0.6) is 0 Å². The summed E-state index contributed by atoms with van der Waals surface area (Å²) in [5.74, 6) is 0. The van der Waals surface area contributed by atoms with E-state index in [1.807, 2.05) is 0 Å². The van der Waals surface area contributed by atoms with Crippen molar-refractivity contribution < 1.29 is 13.5 Å². The molecule has 0 amide bonds. The largest absolute Gasteiger partial charge is 0.395 e. The molecule has 3 N–H and O–H groups in total. The number of halogens is 1. The molecule has 0 saturated carbocycles. The van der Waals surface area contributed by atoms with Crippen LogP contribution >= 0.6 is 23.8 Å². The van der Waals surface area contributed by atoms with Gasteiger partial charge in [0.25, 0.3) is 0 Å². The van der Waals surface area contributed by atoms with Crippen LogP contribution in [0, 0.1) is 0 Å². The van der Waals surface area contributed by atoms with Crippen molar-refractivity contribution in [3.05, 3.63) is 28.8 Å². The number of hydrogen-bond acceptors (Lipinski definition) is 4. The van der Waals surface area contributed by atoms with E-state index in [2.05, 4.69) is 0 Å². The topological polar surface area (TPSA) is 83.6 Å². The first-order valence-electron chi connectivity index (χ1n) is 5.40. The fourth-order valence-electron chi connectivity index (χ4n) is 1.37. The molecule has 8 heteroatoms. The molecule has 1 unspecified atom stereocenters. The second kappa shape index (κ2) is 6.15. The van der Waals surface area contributed by atoms with Gasteiger partial charge in [0, 0.05) is 18.7 Å². The van der Waals surface area contributed by atoms with E-state index in [9.17, 15) is 8.42 Å². The van der Waals surface area contributed by atoms with Gasteiger partial charge in [-0.25, -0.2) is 8.42 Å². The van der Waals surface area contributed by atoms with Crippen LogP contribution in [0.1, 0.15) is 12.5 Å². The van der Waals surface area contributed by atoms with E-state index in [0.717, 1.165) is 4.31 Å². The molecule has 1 atom stereocenters. The average Bonchev–Trinajstić information content (AvgIpc) is 2.36. The maximum Gasteiger partial charge on any atom is 0.244 e. The normalized spacial score (nSPS) is 13.5. The van der Waals surface area contributed by atoms with Gasteiger partial charge in [0.05, 0.1) is 11.6 Å². The van der Waals surface area contributed by atoms with E-state index in [4.69, 9.17) is 34.7 Å². The van der Waals surface area contributed by atoms with Gasteiger partial charge in [0.2, 0.25) is 10.0 Å². The van der Waals surface area contributed by atoms with Gasteiger partial charge in [-0.05, 0) is 19.1 Å². The number of thiocarbonyl (C=S) groups is 1. The summed E-state index contributed by atoms with van der Waals surface area (Å²) in [5, 5.41) is 9.07. The molecular formula is C11H15ClN2O3S2. The number of likely N-dealkylation sites (N-methyl/N-ethyl adjacent to an activating group) is 1. The molecule has 0 radical (unpaired) electrons. The van der Waals surface area contributed by atoms with Gasteiger partial charge in [0.1, 0.15) is 9.88 Å². The molecule has 106 valence electrons. The summed E-state index contributed by atoms with van der Waals surface area (Å²) in [7, 11) is -2.38. The standard InChI is InChI=1S/C11H15ClN2O3S2/c1-7(6-15)14(2)19(16,17)10-4-3-8(11(13)18)5-9(10)12/h3-5,7,15H,6H2,1-2H3,(H2,13,18). The second-order valence-electron chi connectivity index (χ2n) is 4.06. The van der Waals surface area contributed by atoms with Crippen molar-refractivity contribution >= 4 is 38.8 Å². The number of nitrogens with two attached hydrogens (primary N) is 1. The summed E-state index contributed by atoms with van der Waals surface area (Å²) < 4.78 is 25.7. The van der Waals surface area contributed by atoms with Crippen molar-refractivity contribution in [1.82, 2.24) is 4.31 Å². The van der Waals surface area contributed by atoms with Gasteiger partial charge in [-0.3, -0.25) is 0 Å².